The van der Waals surface area contributed by atoms with Crippen LogP contribution in [0.1, 0.15) is 112 Å². The summed E-state index contributed by atoms with van der Waals surface area (Å²) in [5, 5.41) is 22.5. The van der Waals surface area contributed by atoms with Crippen LogP contribution in [-0.2, 0) is 24.0 Å². The highest BCUT2D eigenvalue weighted by Gasteiger charge is 2.51. The van der Waals surface area contributed by atoms with E-state index in [0.29, 0.717) is 24.2 Å². The van der Waals surface area contributed by atoms with Crippen LogP contribution in [0.2, 0.25) is 0 Å². The fraction of sp³-hybridized carbons (Fsp3) is 0.618. The molecule has 226 valence electrons. The minimum atomic E-state index is -0.766. The van der Waals surface area contributed by atoms with Crippen LogP contribution in [0, 0.1) is 49.3 Å². The van der Waals surface area contributed by atoms with Crippen molar-refractivity contribution < 1.29 is 19.4 Å². The van der Waals surface area contributed by atoms with Gasteiger partial charge in [-0.05, 0) is 95.8 Å². The van der Waals surface area contributed by atoms with Gasteiger partial charge in [0.2, 0.25) is 0 Å². The van der Waals surface area contributed by atoms with Crippen LogP contribution in [0.5, 0.6) is 0 Å². The number of carbonyl (C=O) groups is 1. The molecule has 0 heterocycles. The molecule has 2 aromatic rings. The van der Waals surface area contributed by atoms with E-state index in [1.165, 1.54) is 54.4 Å². The highest BCUT2D eigenvalue weighted by atomic mass is 16.6. The van der Waals surface area contributed by atoms with Crippen molar-refractivity contribution in [1.29, 1.82) is 0 Å². The maximum atomic E-state index is 12.9. The number of rotatable bonds is 9. The summed E-state index contributed by atoms with van der Waals surface area (Å²) in [6, 6.07) is 7.49. The molecule has 42 heavy (non-hydrogen) atoms. The van der Waals surface area contributed by atoms with Crippen LogP contribution in [0.15, 0.2) is 30.3 Å². The SMILES string of the molecule is CC(C)[C@@H](C)CC[C@@H](C)[C@@H]1CC[C@@H]2c3ccc4c(c3CC[C@]21C)CC[C@H](OC(=O)c1cc([N+](=O)[O-])cc([N+](=O)[O-])c1)C4. The Balaban J connectivity index is 1.29. The van der Waals surface area contributed by atoms with E-state index in [-0.39, 0.29) is 11.7 Å². The lowest BCUT2D eigenvalue weighted by atomic mass is 9.59. The molecule has 1 saturated carbocycles. The number of nitro benzene ring substituents is 2. The van der Waals surface area contributed by atoms with Crippen LogP contribution >= 0.6 is 0 Å². The molecule has 0 unspecified atom stereocenters. The van der Waals surface area contributed by atoms with Gasteiger partial charge in [-0.2, -0.15) is 0 Å². The molecule has 6 atom stereocenters. The van der Waals surface area contributed by atoms with Gasteiger partial charge in [0.15, 0.2) is 0 Å². The number of hydrogen-bond acceptors (Lipinski definition) is 6. The van der Waals surface area contributed by atoms with Crippen molar-refractivity contribution in [2.75, 3.05) is 0 Å². The summed E-state index contributed by atoms with van der Waals surface area (Å²) < 4.78 is 5.74. The molecule has 0 N–H and O–H groups in total. The van der Waals surface area contributed by atoms with Gasteiger partial charge in [-0.15, -0.1) is 0 Å². The number of nitrogens with zero attached hydrogens (tertiary/aromatic N) is 2. The quantitative estimate of drug-likeness (QED) is 0.168. The van der Waals surface area contributed by atoms with E-state index in [2.05, 4.69) is 46.8 Å². The molecule has 0 bridgehead atoms. The molecule has 0 radical (unpaired) electrons. The van der Waals surface area contributed by atoms with Crippen molar-refractivity contribution in [2.24, 2.45) is 29.1 Å². The molecule has 8 nitrogen and oxygen atoms in total. The summed E-state index contributed by atoms with van der Waals surface area (Å²) in [7, 11) is 0. The Morgan fingerprint density at radius 3 is 2.29 bits per heavy atom. The lowest BCUT2D eigenvalue weighted by Crippen LogP contribution is -2.36. The molecular formula is C34H44N2O6. The molecule has 0 amide bonds. The molecule has 0 aromatic heterocycles. The van der Waals surface area contributed by atoms with Gasteiger partial charge in [0, 0.05) is 18.6 Å². The van der Waals surface area contributed by atoms with Crippen molar-refractivity contribution >= 4 is 17.3 Å². The van der Waals surface area contributed by atoms with Gasteiger partial charge in [-0.25, -0.2) is 4.79 Å². The average Bonchev–Trinajstić information content (AvgIpc) is 3.32. The molecule has 0 aliphatic heterocycles. The molecule has 0 saturated heterocycles. The highest BCUT2D eigenvalue weighted by Crippen LogP contribution is 2.61. The van der Waals surface area contributed by atoms with Crippen LogP contribution in [-0.4, -0.2) is 21.9 Å². The van der Waals surface area contributed by atoms with E-state index < -0.39 is 27.2 Å². The summed E-state index contributed by atoms with van der Waals surface area (Å²) in [6.45, 7) is 12.1. The normalized spacial score (nSPS) is 26.1. The molecule has 3 aliphatic rings. The molecule has 2 aromatic carbocycles. The minimum absolute atomic E-state index is 0.171. The summed E-state index contributed by atoms with van der Waals surface area (Å²) in [5.74, 6) is 2.84. The summed E-state index contributed by atoms with van der Waals surface area (Å²) in [6.07, 6.45) is 9.20. The maximum absolute atomic E-state index is 12.9. The van der Waals surface area contributed by atoms with E-state index >= 15 is 0 Å². The van der Waals surface area contributed by atoms with Crippen LogP contribution in [0.4, 0.5) is 11.4 Å². The second-order valence-corrected chi connectivity index (χ2v) is 13.8. The Kier molecular flexibility index (Phi) is 8.46. The number of fused-ring (bicyclic) bond motifs is 5. The zero-order valence-corrected chi connectivity index (χ0v) is 25.6. The third kappa shape index (κ3) is 5.69. The van der Waals surface area contributed by atoms with E-state index in [9.17, 15) is 25.0 Å². The standard InChI is InChI=1S/C34H44N2O6/c1-20(2)21(3)6-7-22(4)31-12-13-32-30-10-8-23-18-27(9-11-28(23)29(30)14-15-34(31,32)5)42-33(37)24-16-25(35(38)39)19-26(17-24)36(40)41/h8,10,16-17,19-22,27,31-32H,6-7,9,11-15,18H2,1-5H3/t21-,22+,27-,31-,32+,34-/m0/s1. The van der Waals surface area contributed by atoms with Gasteiger partial charge in [0.1, 0.15) is 6.10 Å². The molecule has 1 fully saturated rings. The van der Waals surface area contributed by atoms with Crippen molar-refractivity contribution in [3.05, 3.63) is 78.4 Å². The smallest absolute Gasteiger partial charge is 0.338 e. The second-order valence-electron chi connectivity index (χ2n) is 13.8. The largest absolute Gasteiger partial charge is 0.458 e. The number of esters is 1. The van der Waals surface area contributed by atoms with E-state index in [1.54, 1.807) is 0 Å². The van der Waals surface area contributed by atoms with Gasteiger partial charge in [0.25, 0.3) is 11.4 Å². The highest BCUT2D eigenvalue weighted by molar-refractivity contribution is 5.91. The monoisotopic (exact) mass is 576 g/mol. The summed E-state index contributed by atoms with van der Waals surface area (Å²) >= 11 is 0. The van der Waals surface area contributed by atoms with E-state index in [1.807, 2.05) is 0 Å². The maximum Gasteiger partial charge on any atom is 0.338 e. The lowest BCUT2D eigenvalue weighted by Gasteiger charge is -2.45. The fourth-order valence-corrected chi connectivity index (χ4v) is 8.30. The zero-order chi connectivity index (χ0) is 30.3. The zero-order valence-electron chi connectivity index (χ0n) is 25.6. The molecule has 3 aliphatic carbocycles. The predicted molar refractivity (Wildman–Crippen MR) is 162 cm³/mol. The summed E-state index contributed by atoms with van der Waals surface area (Å²) in [5.41, 5.74) is 4.83. The topological polar surface area (TPSA) is 113 Å². The Labute approximate surface area is 248 Å². The van der Waals surface area contributed by atoms with Crippen LogP contribution in [0.25, 0.3) is 0 Å². The number of hydrogen-bond donors (Lipinski definition) is 0. The van der Waals surface area contributed by atoms with Gasteiger partial charge in [0.05, 0.1) is 21.5 Å². The number of nitro groups is 2. The first-order valence-corrected chi connectivity index (χ1v) is 15.7. The molecule has 0 spiro atoms. The Morgan fingerprint density at radius 2 is 1.64 bits per heavy atom. The van der Waals surface area contributed by atoms with E-state index in [4.69, 9.17) is 4.74 Å². The van der Waals surface area contributed by atoms with Gasteiger partial charge < -0.3 is 4.74 Å². The van der Waals surface area contributed by atoms with Gasteiger partial charge >= 0.3 is 5.97 Å². The van der Waals surface area contributed by atoms with Crippen LogP contribution < -0.4 is 0 Å². The third-order valence-electron chi connectivity index (χ3n) is 11.2. The third-order valence-corrected chi connectivity index (χ3v) is 11.2. The van der Waals surface area contributed by atoms with E-state index in [0.717, 1.165) is 54.7 Å². The first-order chi connectivity index (χ1) is 19.9. The number of benzene rings is 2. The first-order valence-electron chi connectivity index (χ1n) is 15.7. The van der Waals surface area contributed by atoms with Crippen molar-refractivity contribution in [2.45, 2.75) is 104 Å². The summed E-state index contributed by atoms with van der Waals surface area (Å²) in [4.78, 5) is 33.9. The minimum Gasteiger partial charge on any atom is -0.458 e. The molecule has 5 rings (SSSR count). The number of carbonyl (C=O) groups excluding carboxylic acids is 1. The second kappa shape index (κ2) is 11.8. The first kappa shape index (κ1) is 30.2. The number of ether oxygens (including phenoxy) is 1. The van der Waals surface area contributed by atoms with Crippen molar-refractivity contribution in [1.82, 2.24) is 0 Å². The molecular weight excluding hydrogens is 532 g/mol. The van der Waals surface area contributed by atoms with Gasteiger partial charge in [-0.1, -0.05) is 59.6 Å². The average molecular weight is 577 g/mol. The van der Waals surface area contributed by atoms with Gasteiger partial charge in [-0.3, -0.25) is 20.2 Å². The fourth-order valence-electron chi connectivity index (χ4n) is 8.30. The van der Waals surface area contributed by atoms with Crippen molar-refractivity contribution in [3.63, 3.8) is 0 Å². The Morgan fingerprint density at radius 1 is 0.952 bits per heavy atom. The predicted octanol–water partition coefficient (Wildman–Crippen LogP) is 8.37. The van der Waals surface area contributed by atoms with Crippen LogP contribution in [0.3, 0.4) is 0 Å². The lowest BCUT2D eigenvalue weighted by molar-refractivity contribution is -0.394. The Hall–Kier alpha value is -3.29. The van der Waals surface area contributed by atoms with Crippen molar-refractivity contribution in [3.8, 4) is 0 Å². The Bertz CT molecular complexity index is 1350. The molecule has 8 heteroatoms. The number of non-ortho nitro benzene ring substituents is 2.